The van der Waals surface area contributed by atoms with Gasteiger partial charge in [0.15, 0.2) is 0 Å². The molecule has 2 rings (SSSR count). The third-order valence-electron chi connectivity index (χ3n) is 3.53. The molecule has 0 aromatic carbocycles. The molecule has 6 heteroatoms. The van der Waals surface area contributed by atoms with Crippen molar-refractivity contribution in [3.05, 3.63) is 4.88 Å². The lowest BCUT2D eigenvalue weighted by atomic mass is 10.3. The van der Waals surface area contributed by atoms with E-state index in [0.717, 1.165) is 28.9 Å². The fourth-order valence-corrected chi connectivity index (χ4v) is 4.43. The van der Waals surface area contributed by atoms with E-state index in [1.807, 2.05) is 6.26 Å². The second-order valence-corrected chi connectivity index (χ2v) is 7.18. The minimum absolute atomic E-state index is 0.00322. The van der Waals surface area contributed by atoms with E-state index in [2.05, 4.69) is 11.8 Å². The van der Waals surface area contributed by atoms with Gasteiger partial charge in [-0.2, -0.15) is 0 Å². The molecule has 1 heterocycles. The Balaban J connectivity index is 2.35. The molecule has 112 valence electrons. The number of thioether (sulfide) groups is 1. The first-order valence-electron chi connectivity index (χ1n) is 6.92. The standard InChI is InChI=1S/C14H23N3OS2/c1-5-17(8-9-6-7-9)14-12(19-4)10(15)11(20-14)13(18)16(2)3/h9H,5-8,15H2,1-4H3. The molecule has 1 saturated carbocycles. The summed E-state index contributed by atoms with van der Waals surface area (Å²) in [5, 5.41) is 1.16. The Labute approximate surface area is 129 Å². The number of nitrogens with zero attached hydrogens (tertiary/aromatic N) is 2. The molecule has 0 bridgehead atoms. The fraction of sp³-hybridized carbons (Fsp3) is 0.643. The molecule has 0 unspecified atom stereocenters. The van der Waals surface area contributed by atoms with Crippen molar-refractivity contribution < 1.29 is 4.79 Å². The zero-order valence-electron chi connectivity index (χ0n) is 12.6. The van der Waals surface area contributed by atoms with Crippen LogP contribution in [0.1, 0.15) is 29.4 Å². The van der Waals surface area contributed by atoms with Crippen LogP contribution in [0.4, 0.5) is 10.7 Å². The maximum Gasteiger partial charge on any atom is 0.265 e. The molecule has 1 fully saturated rings. The summed E-state index contributed by atoms with van der Waals surface area (Å²) in [7, 11) is 3.53. The zero-order chi connectivity index (χ0) is 14.9. The van der Waals surface area contributed by atoms with E-state index in [0.29, 0.717) is 10.6 Å². The summed E-state index contributed by atoms with van der Waals surface area (Å²) in [5.41, 5.74) is 6.85. The fourth-order valence-electron chi connectivity index (χ4n) is 2.15. The predicted octanol–water partition coefficient (Wildman–Crippen LogP) is 2.99. The summed E-state index contributed by atoms with van der Waals surface area (Å²) in [4.78, 5) is 17.9. The van der Waals surface area contributed by atoms with Gasteiger partial charge >= 0.3 is 0 Å². The van der Waals surface area contributed by atoms with Gasteiger partial charge in [-0.15, -0.1) is 23.1 Å². The number of rotatable bonds is 6. The average molecular weight is 313 g/mol. The first-order valence-corrected chi connectivity index (χ1v) is 8.96. The van der Waals surface area contributed by atoms with Gasteiger partial charge in [0.05, 0.1) is 10.6 Å². The summed E-state index contributed by atoms with van der Waals surface area (Å²) in [6, 6.07) is 0. The van der Waals surface area contributed by atoms with Crippen molar-refractivity contribution in [1.82, 2.24) is 4.90 Å². The molecule has 4 nitrogen and oxygen atoms in total. The molecule has 2 N–H and O–H groups in total. The van der Waals surface area contributed by atoms with E-state index in [1.165, 1.54) is 24.2 Å². The Hall–Kier alpha value is -0.880. The van der Waals surface area contributed by atoms with Gasteiger partial charge in [0, 0.05) is 27.2 Å². The molecule has 0 aliphatic heterocycles. The van der Waals surface area contributed by atoms with E-state index in [1.54, 1.807) is 30.8 Å². The van der Waals surface area contributed by atoms with Crippen LogP contribution in [0.2, 0.25) is 0 Å². The van der Waals surface area contributed by atoms with Crippen LogP contribution in [0.15, 0.2) is 4.90 Å². The van der Waals surface area contributed by atoms with Crippen LogP contribution in [-0.4, -0.2) is 44.2 Å². The predicted molar refractivity (Wildman–Crippen MR) is 89.1 cm³/mol. The van der Waals surface area contributed by atoms with Gasteiger partial charge in [0.25, 0.3) is 5.91 Å². The van der Waals surface area contributed by atoms with Crippen LogP contribution in [0.5, 0.6) is 0 Å². The smallest absolute Gasteiger partial charge is 0.265 e. The first-order chi connectivity index (χ1) is 9.49. The number of hydrogen-bond donors (Lipinski definition) is 1. The molecular formula is C14H23N3OS2. The number of carbonyl (C=O) groups is 1. The molecule has 20 heavy (non-hydrogen) atoms. The maximum atomic E-state index is 12.2. The van der Waals surface area contributed by atoms with Crippen molar-refractivity contribution in [2.45, 2.75) is 24.7 Å². The van der Waals surface area contributed by atoms with E-state index in [-0.39, 0.29) is 5.91 Å². The Bertz CT molecular complexity index is 495. The second-order valence-electron chi connectivity index (χ2n) is 5.36. The van der Waals surface area contributed by atoms with Crippen LogP contribution < -0.4 is 10.6 Å². The van der Waals surface area contributed by atoms with Crippen molar-refractivity contribution in [2.24, 2.45) is 5.92 Å². The van der Waals surface area contributed by atoms with Gasteiger partial charge < -0.3 is 15.5 Å². The van der Waals surface area contributed by atoms with Crippen LogP contribution in [-0.2, 0) is 0 Å². The first kappa shape index (κ1) is 15.5. The number of thiophene rings is 1. The molecule has 0 spiro atoms. The lowest BCUT2D eigenvalue weighted by Gasteiger charge is -2.22. The minimum Gasteiger partial charge on any atom is -0.396 e. The molecular weight excluding hydrogens is 290 g/mol. The third-order valence-corrected chi connectivity index (χ3v) is 5.74. The number of carbonyl (C=O) groups excluding carboxylic acids is 1. The molecule has 0 saturated heterocycles. The number of nitrogen functional groups attached to an aromatic ring is 1. The van der Waals surface area contributed by atoms with Gasteiger partial charge in [-0.1, -0.05) is 0 Å². The maximum absolute atomic E-state index is 12.2. The van der Waals surface area contributed by atoms with Crippen LogP contribution in [0, 0.1) is 5.92 Å². The molecule has 1 aromatic rings. The molecule has 0 radical (unpaired) electrons. The van der Waals surface area contributed by atoms with Gasteiger partial charge in [-0.3, -0.25) is 4.79 Å². The Morgan fingerprint density at radius 2 is 2.10 bits per heavy atom. The highest BCUT2D eigenvalue weighted by molar-refractivity contribution is 7.99. The SMILES string of the molecule is CCN(CC1CC1)c1sc(C(=O)N(C)C)c(N)c1SC. The topological polar surface area (TPSA) is 49.6 Å². The van der Waals surface area contributed by atoms with E-state index in [9.17, 15) is 4.79 Å². The normalized spacial score (nSPS) is 14.4. The highest BCUT2D eigenvalue weighted by atomic mass is 32.2. The Morgan fingerprint density at radius 1 is 1.45 bits per heavy atom. The molecule has 1 aliphatic carbocycles. The van der Waals surface area contributed by atoms with Crippen molar-refractivity contribution in [2.75, 3.05) is 44.1 Å². The Morgan fingerprint density at radius 3 is 2.55 bits per heavy atom. The summed E-state index contributed by atoms with van der Waals surface area (Å²) < 4.78 is 0. The summed E-state index contributed by atoms with van der Waals surface area (Å²) in [5.74, 6) is 0.817. The lowest BCUT2D eigenvalue weighted by molar-refractivity contribution is 0.0833. The van der Waals surface area contributed by atoms with Crippen LogP contribution in [0.25, 0.3) is 0 Å². The highest BCUT2D eigenvalue weighted by Gasteiger charge is 2.28. The second kappa shape index (κ2) is 6.26. The number of anilines is 2. The van der Waals surface area contributed by atoms with Crippen LogP contribution >= 0.6 is 23.1 Å². The van der Waals surface area contributed by atoms with Crippen molar-refractivity contribution in [3.63, 3.8) is 0 Å². The monoisotopic (exact) mass is 313 g/mol. The number of nitrogens with two attached hydrogens (primary N) is 1. The zero-order valence-corrected chi connectivity index (χ0v) is 14.2. The van der Waals surface area contributed by atoms with Gasteiger partial charge in [0.2, 0.25) is 0 Å². The van der Waals surface area contributed by atoms with E-state index < -0.39 is 0 Å². The van der Waals surface area contributed by atoms with E-state index in [4.69, 9.17) is 5.73 Å². The largest absolute Gasteiger partial charge is 0.396 e. The molecule has 0 atom stereocenters. The Kier molecular flexibility index (Phi) is 4.86. The van der Waals surface area contributed by atoms with Crippen molar-refractivity contribution in [1.29, 1.82) is 0 Å². The molecule has 1 aliphatic rings. The van der Waals surface area contributed by atoms with Gasteiger partial charge in [-0.25, -0.2) is 0 Å². The van der Waals surface area contributed by atoms with Crippen molar-refractivity contribution in [3.8, 4) is 0 Å². The highest BCUT2D eigenvalue weighted by Crippen LogP contribution is 2.45. The van der Waals surface area contributed by atoms with Crippen molar-refractivity contribution >= 4 is 39.7 Å². The summed E-state index contributed by atoms with van der Waals surface area (Å²) in [6.45, 7) is 4.20. The summed E-state index contributed by atoms with van der Waals surface area (Å²) >= 11 is 3.17. The van der Waals surface area contributed by atoms with E-state index >= 15 is 0 Å². The third kappa shape index (κ3) is 3.06. The number of amides is 1. The molecule has 1 aromatic heterocycles. The molecule has 1 amide bonds. The minimum atomic E-state index is -0.00322. The number of hydrogen-bond acceptors (Lipinski definition) is 5. The van der Waals surface area contributed by atoms with Crippen LogP contribution in [0.3, 0.4) is 0 Å². The van der Waals surface area contributed by atoms with Gasteiger partial charge in [0.1, 0.15) is 9.88 Å². The average Bonchev–Trinajstić information content (AvgIpc) is 3.18. The quantitative estimate of drug-likeness (QED) is 0.820. The lowest BCUT2D eigenvalue weighted by Crippen LogP contribution is -2.24. The summed E-state index contributed by atoms with van der Waals surface area (Å²) in [6.07, 6.45) is 4.68. The van der Waals surface area contributed by atoms with Gasteiger partial charge in [-0.05, 0) is 31.9 Å².